The van der Waals surface area contributed by atoms with Crippen LogP contribution in [0.3, 0.4) is 0 Å². The number of aliphatic hydroxyl groups is 1. The lowest BCUT2D eigenvalue weighted by Gasteiger charge is -2.33. The molecule has 1 heterocycles. The largest absolute Gasteiger partial charge is 0.461 e. The molecule has 1 fully saturated rings. The van der Waals surface area contributed by atoms with Crippen LogP contribution < -0.4 is 0 Å². The van der Waals surface area contributed by atoms with Crippen LogP contribution in [0.4, 0.5) is 0 Å². The van der Waals surface area contributed by atoms with Crippen molar-refractivity contribution in [1.82, 2.24) is 0 Å². The van der Waals surface area contributed by atoms with E-state index in [4.69, 9.17) is 9.47 Å². The Bertz CT molecular complexity index is 643. The Morgan fingerprint density at radius 2 is 2.08 bits per heavy atom. The molecule has 1 saturated heterocycles. The second kappa shape index (κ2) is 7.74. The maximum Gasteiger partial charge on any atom is 0.334 e. The van der Waals surface area contributed by atoms with E-state index in [1.807, 2.05) is 20.8 Å². The Morgan fingerprint density at radius 3 is 2.69 bits per heavy atom. The van der Waals surface area contributed by atoms with Crippen LogP contribution in [0.25, 0.3) is 0 Å². The average molecular weight is 364 g/mol. The third-order valence-corrected chi connectivity index (χ3v) is 4.91. The molecule has 1 aliphatic carbocycles. The van der Waals surface area contributed by atoms with Crippen molar-refractivity contribution < 1.29 is 29.0 Å². The average Bonchev–Trinajstić information content (AvgIpc) is 2.76. The van der Waals surface area contributed by atoms with Crippen LogP contribution >= 0.6 is 0 Å². The minimum atomic E-state index is -1.66. The standard InChI is InChI=1S/C20H28O6/c1-11(2)8-17(22)25-15-10-20(5,24)16(21)7-6-12(3)9-14-18(15)13(4)19(23)26-14/h9,11,14-15,18,24H,4,6-8,10H2,1-3,5H3. The van der Waals surface area contributed by atoms with Crippen LogP contribution in [0.2, 0.25) is 0 Å². The van der Waals surface area contributed by atoms with Crippen molar-refractivity contribution in [3.8, 4) is 0 Å². The molecule has 0 radical (unpaired) electrons. The highest BCUT2D eigenvalue weighted by Crippen LogP contribution is 2.37. The van der Waals surface area contributed by atoms with Gasteiger partial charge in [-0.2, -0.15) is 0 Å². The van der Waals surface area contributed by atoms with E-state index in [0.29, 0.717) is 6.42 Å². The Hall–Kier alpha value is -1.95. The SMILES string of the molecule is C=C1C(=O)OC2C=C(C)CCC(=O)C(C)(O)CC(OC(=O)CC(C)C)C12. The summed E-state index contributed by atoms with van der Waals surface area (Å²) in [5.74, 6) is -1.81. The fraction of sp³-hybridized carbons (Fsp3) is 0.650. The molecule has 6 nitrogen and oxygen atoms in total. The first-order valence-corrected chi connectivity index (χ1v) is 9.03. The monoisotopic (exact) mass is 364 g/mol. The highest BCUT2D eigenvalue weighted by molar-refractivity contribution is 5.91. The van der Waals surface area contributed by atoms with Gasteiger partial charge in [-0.3, -0.25) is 9.59 Å². The van der Waals surface area contributed by atoms with Gasteiger partial charge in [0.05, 0.1) is 5.92 Å². The predicted molar refractivity (Wildman–Crippen MR) is 95.1 cm³/mol. The molecule has 0 spiro atoms. The summed E-state index contributed by atoms with van der Waals surface area (Å²) >= 11 is 0. The van der Waals surface area contributed by atoms with Crippen molar-refractivity contribution >= 4 is 17.7 Å². The highest BCUT2D eigenvalue weighted by atomic mass is 16.6. The van der Waals surface area contributed by atoms with E-state index in [1.165, 1.54) is 6.92 Å². The maximum absolute atomic E-state index is 12.4. The molecule has 26 heavy (non-hydrogen) atoms. The molecule has 1 aliphatic heterocycles. The Labute approximate surface area is 154 Å². The molecule has 0 saturated carbocycles. The summed E-state index contributed by atoms with van der Waals surface area (Å²) in [5.41, 5.74) is -0.581. The van der Waals surface area contributed by atoms with Crippen LogP contribution in [-0.2, 0) is 23.9 Å². The number of Topliss-reactive ketones (excluding diaryl/α,β-unsaturated/α-hetero) is 1. The lowest BCUT2D eigenvalue weighted by Crippen LogP contribution is -2.44. The van der Waals surface area contributed by atoms with E-state index < -0.39 is 35.7 Å². The van der Waals surface area contributed by atoms with Gasteiger partial charge < -0.3 is 14.6 Å². The number of carbonyl (C=O) groups is 3. The first kappa shape index (κ1) is 20.4. The number of rotatable bonds is 3. The van der Waals surface area contributed by atoms with E-state index in [9.17, 15) is 19.5 Å². The number of esters is 2. The first-order valence-electron chi connectivity index (χ1n) is 9.03. The van der Waals surface area contributed by atoms with Crippen LogP contribution in [-0.4, -0.2) is 40.6 Å². The Balaban J connectivity index is 2.41. The van der Waals surface area contributed by atoms with Crippen molar-refractivity contribution in [2.24, 2.45) is 11.8 Å². The summed E-state index contributed by atoms with van der Waals surface area (Å²) in [6, 6.07) is 0. The quantitative estimate of drug-likeness (QED) is 0.470. The molecule has 144 valence electrons. The molecule has 0 aromatic carbocycles. The first-order chi connectivity index (χ1) is 12.0. The topological polar surface area (TPSA) is 89.9 Å². The van der Waals surface area contributed by atoms with Crippen molar-refractivity contribution in [2.45, 2.75) is 71.2 Å². The molecule has 0 aromatic heterocycles. The molecule has 2 rings (SSSR count). The van der Waals surface area contributed by atoms with Crippen molar-refractivity contribution in [3.63, 3.8) is 0 Å². The molecule has 6 heteroatoms. The second-order valence-corrected chi connectivity index (χ2v) is 7.96. The summed E-state index contributed by atoms with van der Waals surface area (Å²) < 4.78 is 11.0. The van der Waals surface area contributed by atoms with E-state index in [0.717, 1.165) is 5.57 Å². The molecule has 1 N–H and O–H groups in total. The van der Waals surface area contributed by atoms with Gasteiger partial charge in [-0.25, -0.2) is 4.79 Å². The summed E-state index contributed by atoms with van der Waals surface area (Å²) in [6.45, 7) is 10.8. The smallest absolute Gasteiger partial charge is 0.334 e. The third-order valence-electron chi connectivity index (χ3n) is 4.91. The zero-order valence-electron chi connectivity index (χ0n) is 15.9. The Morgan fingerprint density at radius 1 is 1.42 bits per heavy atom. The van der Waals surface area contributed by atoms with Gasteiger partial charge in [0.2, 0.25) is 0 Å². The number of carbonyl (C=O) groups excluding carboxylic acids is 3. The van der Waals surface area contributed by atoms with E-state index in [1.54, 1.807) is 6.08 Å². The molecule has 0 aromatic rings. The summed E-state index contributed by atoms with van der Waals surface area (Å²) in [5, 5.41) is 10.7. The highest BCUT2D eigenvalue weighted by Gasteiger charge is 2.48. The molecule has 4 atom stereocenters. The molecule has 0 amide bonds. The summed E-state index contributed by atoms with van der Waals surface area (Å²) in [7, 11) is 0. The number of ketones is 1. The van der Waals surface area contributed by atoms with Gasteiger partial charge in [0.1, 0.15) is 17.8 Å². The van der Waals surface area contributed by atoms with Gasteiger partial charge in [-0.05, 0) is 32.3 Å². The third kappa shape index (κ3) is 4.61. The molecular weight excluding hydrogens is 336 g/mol. The van der Waals surface area contributed by atoms with E-state index in [-0.39, 0.29) is 36.5 Å². The fourth-order valence-electron chi connectivity index (χ4n) is 3.42. The van der Waals surface area contributed by atoms with Gasteiger partial charge >= 0.3 is 11.9 Å². The summed E-state index contributed by atoms with van der Waals surface area (Å²) in [4.78, 5) is 36.7. The minimum Gasteiger partial charge on any atom is -0.461 e. The molecular formula is C20H28O6. The predicted octanol–water partition coefficient (Wildman–Crippen LogP) is 2.49. The zero-order valence-corrected chi connectivity index (χ0v) is 15.9. The van der Waals surface area contributed by atoms with Crippen LogP contribution in [0.5, 0.6) is 0 Å². The van der Waals surface area contributed by atoms with Gasteiger partial charge in [0, 0.05) is 24.8 Å². The van der Waals surface area contributed by atoms with E-state index in [2.05, 4.69) is 6.58 Å². The van der Waals surface area contributed by atoms with Crippen molar-refractivity contribution in [1.29, 1.82) is 0 Å². The number of fused-ring (bicyclic) bond motifs is 1. The molecule has 2 aliphatic rings. The molecule has 4 unspecified atom stereocenters. The lowest BCUT2D eigenvalue weighted by molar-refractivity contribution is -0.160. The van der Waals surface area contributed by atoms with Gasteiger partial charge in [-0.1, -0.05) is 26.0 Å². The van der Waals surface area contributed by atoms with Crippen LogP contribution in [0.15, 0.2) is 23.8 Å². The minimum absolute atomic E-state index is 0.0978. The normalized spacial score (nSPS) is 32.8. The number of allylic oxidation sites excluding steroid dienone is 1. The number of hydrogen-bond donors (Lipinski definition) is 1. The maximum atomic E-state index is 12.4. The van der Waals surface area contributed by atoms with Crippen molar-refractivity contribution in [2.75, 3.05) is 0 Å². The lowest BCUT2D eigenvalue weighted by atomic mass is 9.80. The summed E-state index contributed by atoms with van der Waals surface area (Å²) in [6.07, 6.45) is 1.06. The molecule has 0 bridgehead atoms. The van der Waals surface area contributed by atoms with Crippen LogP contribution in [0.1, 0.15) is 53.4 Å². The number of hydrogen-bond acceptors (Lipinski definition) is 6. The van der Waals surface area contributed by atoms with Crippen LogP contribution in [0, 0.1) is 11.8 Å². The fourth-order valence-corrected chi connectivity index (χ4v) is 3.42. The van der Waals surface area contributed by atoms with Gasteiger partial charge in [0.15, 0.2) is 5.78 Å². The zero-order chi connectivity index (χ0) is 19.6. The van der Waals surface area contributed by atoms with E-state index >= 15 is 0 Å². The second-order valence-electron chi connectivity index (χ2n) is 7.96. The van der Waals surface area contributed by atoms with Crippen molar-refractivity contribution in [3.05, 3.63) is 23.8 Å². The number of ether oxygens (including phenoxy) is 2. The van der Waals surface area contributed by atoms with Gasteiger partial charge in [0.25, 0.3) is 0 Å². The van der Waals surface area contributed by atoms with Gasteiger partial charge in [-0.15, -0.1) is 0 Å². The Kier molecular flexibility index (Phi) is 6.06.